The van der Waals surface area contributed by atoms with Gasteiger partial charge >= 0.3 is 6.18 Å². The molecule has 230 valence electrons. The summed E-state index contributed by atoms with van der Waals surface area (Å²) in [6.07, 6.45) is 5.24. The fraction of sp³-hybridized carbons (Fsp3) is 0.441. The van der Waals surface area contributed by atoms with Crippen LogP contribution in [0.4, 0.5) is 13.2 Å². The molecule has 1 aromatic heterocycles. The predicted molar refractivity (Wildman–Crippen MR) is 162 cm³/mol. The average Bonchev–Trinajstić information content (AvgIpc) is 2.99. The number of rotatable bonds is 10. The number of aryl methyl sites for hydroxylation is 1. The van der Waals surface area contributed by atoms with Gasteiger partial charge in [-0.3, -0.25) is 14.7 Å². The van der Waals surface area contributed by atoms with Crippen molar-refractivity contribution in [2.24, 2.45) is 0 Å². The van der Waals surface area contributed by atoms with Crippen LogP contribution in [0.3, 0.4) is 0 Å². The molecule has 0 unspecified atom stereocenters. The number of nitrogens with one attached hydrogen (secondary N) is 1. The van der Waals surface area contributed by atoms with Crippen molar-refractivity contribution in [3.05, 3.63) is 94.8 Å². The number of benzene rings is 2. The Morgan fingerprint density at radius 2 is 1.67 bits per heavy atom. The second kappa shape index (κ2) is 16.7. The smallest absolute Gasteiger partial charge is 0.416 e. The van der Waals surface area contributed by atoms with Crippen molar-refractivity contribution in [1.82, 2.24) is 15.2 Å². The number of alkyl halides is 3. The van der Waals surface area contributed by atoms with Gasteiger partial charge in [-0.05, 0) is 68.5 Å². The molecular weight excluding hydrogens is 553 g/mol. The highest BCUT2D eigenvalue weighted by Gasteiger charge is 2.29. The molecule has 9 heteroatoms. The van der Waals surface area contributed by atoms with Crippen LogP contribution >= 0.6 is 0 Å². The Morgan fingerprint density at radius 1 is 1.05 bits per heavy atom. The van der Waals surface area contributed by atoms with Gasteiger partial charge in [-0.2, -0.15) is 18.4 Å². The van der Waals surface area contributed by atoms with Gasteiger partial charge < -0.3 is 10.1 Å². The summed E-state index contributed by atoms with van der Waals surface area (Å²) >= 11 is 0. The highest BCUT2D eigenvalue weighted by atomic mass is 19.4. The Bertz CT molecular complexity index is 1310. The summed E-state index contributed by atoms with van der Waals surface area (Å²) in [5.41, 5.74) is 2.68. The Hall–Kier alpha value is -3.90. The van der Waals surface area contributed by atoms with Crippen LogP contribution in [-0.4, -0.2) is 41.0 Å². The van der Waals surface area contributed by atoms with Crippen molar-refractivity contribution in [3.63, 3.8) is 0 Å². The first-order valence-corrected chi connectivity index (χ1v) is 14.9. The molecule has 0 bridgehead atoms. The number of aromatic nitrogens is 1. The maximum atomic E-state index is 12.8. The SMILES string of the molecule is CCCC(CCC)Oc1cncc(C(=O)NC2CCN(Cc3ccc(C#N)cc3)CC2)c1.Cc1ccc(C(F)(F)F)cc1. The van der Waals surface area contributed by atoms with E-state index in [2.05, 4.69) is 35.1 Å². The molecule has 1 amide bonds. The van der Waals surface area contributed by atoms with Crippen LogP contribution < -0.4 is 10.1 Å². The van der Waals surface area contributed by atoms with Crippen LogP contribution in [0.5, 0.6) is 5.75 Å². The van der Waals surface area contributed by atoms with E-state index in [9.17, 15) is 18.0 Å². The first kappa shape index (κ1) is 33.6. The monoisotopic (exact) mass is 594 g/mol. The van der Waals surface area contributed by atoms with Crippen molar-refractivity contribution in [2.75, 3.05) is 13.1 Å². The van der Waals surface area contributed by atoms with E-state index in [4.69, 9.17) is 10.00 Å². The third-order valence-electron chi connectivity index (χ3n) is 7.29. The molecule has 6 nitrogen and oxygen atoms in total. The van der Waals surface area contributed by atoms with Gasteiger partial charge in [-0.1, -0.05) is 56.5 Å². The van der Waals surface area contributed by atoms with Gasteiger partial charge in [-0.25, -0.2) is 0 Å². The summed E-state index contributed by atoms with van der Waals surface area (Å²) in [7, 11) is 0. The van der Waals surface area contributed by atoms with Gasteiger partial charge in [0.25, 0.3) is 5.91 Å². The number of carbonyl (C=O) groups excluding carboxylic acids is 1. The number of ether oxygens (including phenoxy) is 1. The minimum atomic E-state index is -4.21. The summed E-state index contributed by atoms with van der Waals surface area (Å²) in [6.45, 7) is 8.80. The number of piperidine rings is 1. The van der Waals surface area contributed by atoms with Gasteiger partial charge in [0.2, 0.25) is 0 Å². The maximum Gasteiger partial charge on any atom is 0.416 e. The van der Waals surface area contributed by atoms with E-state index < -0.39 is 11.7 Å². The third-order valence-corrected chi connectivity index (χ3v) is 7.29. The van der Waals surface area contributed by atoms with Crippen molar-refractivity contribution in [3.8, 4) is 11.8 Å². The number of halogens is 3. The zero-order chi connectivity index (χ0) is 31.2. The van der Waals surface area contributed by atoms with Crippen molar-refractivity contribution in [2.45, 2.75) is 84.2 Å². The zero-order valence-electron chi connectivity index (χ0n) is 25.2. The van der Waals surface area contributed by atoms with E-state index in [1.807, 2.05) is 24.3 Å². The lowest BCUT2D eigenvalue weighted by atomic mass is 10.0. The fourth-order valence-corrected chi connectivity index (χ4v) is 4.90. The molecule has 1 saturated heterocycles. The Balaban J connectivity index is 0.000000386. The predicted octanol–water partition coefficient (Wildman–Crippen LogP) is 7.71. The van der Waals surface area contributed by atoms with Crippen LogP contribution in [0.15, 0.2) is 67.0 Å². The number of pyridine rings is 1. The Morgan fingerprint density at radius 3 is 2.23 bits per heavy atom. The topological polar surface area (TPSA) is 78.2 Å². The second-order valence-electron chi connectivity index (χ2n) is 10.9. The second-order valence-corrected chi connectivity index (χ2v) is 10.9. The number of likely N-dealkylation sites (tertiary alicyclic amines) is 1. The Labute approximate surface area is 252 Å². The molecule has 0 saturated carbocycles. The van der Waals surface area contributed by atoms with Gasteiger partial charge in [0.05, 0.1) is 35.1 Å². The van der Waals surface area contributed by atoms with Gasteiger partial charge in [0, 0.05) is 31.9 Å². The summed E-state index contributed by atoms with van der Waals surface area (Å²) < 4.78 is 41.9. The first-order chi connectivity index (χ1) is 20.6. The molecule has 0 spiro atoms. The molecule has 4 rings (SSSR count). The van der Waals surface area contributed by atoms with E-state index in [-0.39, 0.29) is 18.1 Å². The fourth-order valence-electron chi connectivity index (χ4n) is 4.90. The zero-order valence-corrected chi connectivity index (χ0v) is 25.2. The van der Waals surface area contributed by atoms with Gasteiger partial charge in [-0.15, -0.1) is 0 Å². The van der Waals surface area contributed by atoms with E-state index in [0.717, 1.165) is 75.9 Å². The number of nitriles is 1. The Kier molecular flexibility index (Phi) is 13.0. The lowest BCUT2D eigenvalue weighted by Crippen LogP contribution is -2.44. The number of hydrogen-bond donors (Lipinski definition) is 1. The molecular formula is C34H41F3N4O2. The average molecular weight is 595 g/mol. The minimum Gasteiger partial charge on any atom is -0.489 e. The molecule has 1 N–H and O–H groups in total. The van der Waals surface area contributed by atoms with E-state index >= 15 is 0 Å². The molecule has 1 aliphatic heterocycles. The third kappa shape index (κ3) is 11.4. The molecule has 1 aliphatic rings. The van der Waals surface area contributed by atoms with Crippen molar-refractivity contribution >= 4 is 5.91 Å². The summed E-state index contributed by atoms with van der Waals surface area (Å²) in [6, 6.07) is 16.9. The number of nitrogens with zero attached hydrogens (tertiary/aromatic N) is 3. The summed E-state index contributed by atoms with van der Waals surface area (Å²) in [5.74, 6) is 0.581. The van der Waals surface area contributed by atoms with E-state index in [1.54, 1.807) is 25.4 Å². The van der Waals surface area contributed by atoms with Gasteiger partial charge in [0.1, 0.15) is 5.75 Å². The lowest BCUT2D eigenvalue weighted by molar-refractivity contribution is -0.137. The minimum absolute atomic E-state index is 0.0870. The molecule has 0 atom stereocenters. The summed E-state index contributed by atoms with van der Waals surface area (Å²) in [4.78, 5) is 19.4. The number of carbonyl (C=O) groups is 1. The quantitative estimate of drug-likeness (QED) is 0.260. The van der Waals surface area contributed by atoms with Crippen LogP contribution in [0.25, 0.3) is 0 Å². The van der Waals surface area contributed by atoms with Crippen LogP contribution in [-0.2, 0) is 12.7 Å². The van der Waals surface area contributed by atoms with Crippen LogP contribution in [0.1, 0.15) is 85.0 Å². The molecule has 0 aliphatic carbocycles. The highest BCUT2D eigenvalue weighted by Crippen LogP contribution is 2.29. The molecule has 3 aromatic rings. The van der Waals surface area contributed by atoms with Crippen LogP contribution in [0.2, 0.25) is 0 Å². The normalized spacial score (nSPS) is 14.0. The number of hydrogen-bond acceptors (Lipinski definition) is 5. The number of amides is 1. The molecule has 2 aromatic carbocycles. The summed E-state index contributed by atoms with van der Waals surface area (Å²) in [5, 5.41) is 12.1. The van der Waals surface area contributed by atoms with E-state index in [0.29, 0.717) is 16.9 Å². The molecule has 0 radical (unpaired) electrons. The lowest BCUT2D eigenvalue weighted by Gasteiger charge is -2.32. The van der Waals surface area contributed by atoms with Gasteiger partial charge in [0.15, 0.2) is 0 Å². The standard InChI is InChI=1S/C26H34N4O2.C8H7F3/c1-3-5-24(6-4-2)32-25-15-22(17-28-18-25)26(31)29-23-11-13-30(14-12-23)19-21-9-7-20(16-27)8-10-21;1-6-2-4-7(5-3-6)8(9,10)11/h7-10,15,17-18,23-24H,3-6,11-14,19H2,1-2H3,(H,29,31);2-5H,1H3. The van der Waals surface area contributed by atoms with Crippen LogP contribution in [0, 0.1) is 18.3 Å². The largest absolute Gasteiger partial charge is 0.489 e. The molecule has 1 fully saturated rings. The van der Waals surface area contributed by atoms with E-state index in [1.165, 1.54) is 17.7 Å². The first-order valence-electron chi connectivity index (χ1n) is 14.9. The molecule has 2 heterocycles. The van der Waals surface area contributed by atoms with Crippen molar-refractivity contribution in [1.29, 1.82) is 5.26 Å². The van der Waals surface area contributed by atoms with Crippen molar-refractivity contribution < 1.29 is 22.7 Å². The highest BCUT2D eigenvalue weighted by molar-refractivity contribution is 5.94. The maximum absolute atomic E-state index is 12.8. The molecule has 43 heavy (non-hydrogen) atoms.